The summed E-state index contributed by atoms with van der Waals surface area (Å²) < 4.78 is 2.24. The van der Waals surface area contributed by atoms with Crippen molar-refractivity contribution in [2.75, 3.05) is 0 Å². The number of rotatable bonds is 6. The molecule has 0 aliphatic carbocycles. The minimum absolute atomic E-state index is 0.206. The number of halogens is 1. The molecule has 0 spiro atoms. The molecule has 172 valence electrons. The Kier molecular flexibility index (Phi) is 6.47. The maximum absolute atomic E-state index is 6.05. The molecular weight excluding hydrogens is 480 g/mol. The van der Waals surface area contributed by atoms with Crippen LogP contribution in [0.5, 0.6) is 0 Å². The molecule has 0 fully saturated rings. The second kappa shape index (κ2) is 9.53. The molecule has 3 aromatic heterocycles. The number of fused-ring (bicyclic) bond motifs is 1. The van der Waals surface area contributed by atoms with Gasteiger partial charge in [0.1, 0.15) is 0 Å². The monoisotopic (exact) mass is 504 g/mol. The van der Waals surface area contributed by atoms with E-state index in [1.807, 2.05) is 12.1 Å². The van der Waals surface area contributed by atoms with Gasteiger partial charge >= 0.3 is 0 Å². The van der Waals surface area contributed by atoms with Gasteiger partial charge in [-0.15, -0.1) is 21.5 Å². The molecule has 0 amide bonds. The fraction of sp³-hybridized carbons (Fsp3) is 0.222. The number of benzene rings is 2. The van der Waals surface area contributed by atoms with Crippen LogP contribution < -0.4 is 0 Å². The van der Waals surface area contributed by atoms with Gasteiger partial charge < -0.3 is 0 Å². The maximum Gasteiger partial charge on any atom is 0.192 e. The van der Waals surface area contributed by atoms with E-state index in [0.29, 0.717) is 0 Å². The molecule has 0 aliphatic rings. The lowest BCUT2D eigenvalue weighted by Gasteiger charge is -2.16. The number of pyridine rings is 1. The molecule has 34 heavy (non-hydrogen) atoms. The number of hydrogen-bond donors (Lipinski definition) is 0. The van der Waals surface area contributed by atoms with E-state index in [1.165, 1.54) is 16.7 Å². The molecule has 5 aromatic rings. The van der Waals surface area contributed by atoms with Crippen molar-refractivity contribution in [3.05, 3.63) is 81.7 Å². The molecule has 0 N–H and O–H groups in total. The zero-order chi connectivity index (χ0) is 23.8. The van der Waals surface area contributed by atoms with E-state index in [0.717, 1.165) is 48.8 Å². The lowest BCUT2D eigenvalue weighted by molar-refractivity contribution is 0.555. The van der Waals surface area contributed by atoms with Crippen molar-refractivity contribution in [2.24, 2.45) is 0 Å². The molecule has 7 heteroatoms. The van der Waals surface area contributed by atoms with Crippen LogP contribution in [0.1, 0.15) is 36.6 Å². The second-order valence-electron chi connectivity index (χ2n) is 8.67. The first-order valence-corrected chi connectivity index (χ1v) is 13.4. The predicted octanol–water partition coefficient (Wildman–Crippen LogP) is 8.37. The van der Waals surface area contributed by atoms with E-state index in [1.54, 1.807) is 23.1 Å². The summed E-state index contributed by atoms with van der Waals surface area (Å²) in [7, 11) is 0. The second-order valence-corrected chi connectivity index (χ2v) is 11.0. The maximum atomic E-state index is 6.05. The Labute approximate surface area is 213 Å². The fourth-order valence-electron chi connectivity index (χ4n) is 3.97. The van der Waals surface area contributed by atoms with Crippen LogP contribution >= 0.6 is 34.7 Å². The Hall–Kier alpha value is -2.67. The average molecular weight is 505 g/mol. The van der Waals surface area contributed by atoms with Crippen molar-refractivity contribution >= 4 is 45.6 Å². The zero-order valence-electron chi connectivity index (χ0n) is 19.5. The van der Waals surface area contributed by atoms with E-state index in [9.17, 15) is 0 Å². The molecule has 0 aliphatic heterocycles. The van der Waals surface area contributed by atoms with Crippen LogP contribution in [-0.4, -0.2) is 19.7 Å². The van der Waals surface area contributed by atoms with Crippen molar-refractivity contribution in [2.45, 2.75) is 44.6 Å². The van der Waals surface area contributed by atoms with Crippen molar-refractivity contribution in [1.29, 1.82) is 0 Å². The van der Waals surface area contributed by atoms with Crippen molar-refractivity contribution in [1.82, 2.24) is 19.7 Å². The molecule has 0 radical (unpaired) electrons. The number of aryl methyl sites for hydroxylation is 2. The minimum Gasteiger partial charge on any atom is -0.299 e. The highest BCUT2D eigenvalue weighted by Crippen LogP contribution is 2.37. The van der Waals surface area contributed by atoms with Crippen LogP contribution in [0, 0.1) is 13.8 Å². The van der Waals surface area contributed by atoms with Gasteiger partial charge in [-0.25, -0.2) is 4.98 Å². The Morgan fingerprint density at radius 1 is 1.00 bits per heavy atom. The molecular formula is C27H25ClN4S2. The Bertz CT molecular complexity index is 1450. The summed E-state index contributed by atoms with van der Waals surface area (Å²) in [6.07, 6.45) is 0. The minimum atomic E-state index is 0.206. The molecule has 0 bridgehead atoms. The van der Waals surface area contributed by atoms with Gasteiger partial charge in [0.2, 0.25) is 0 Å². The van der Waals surface area contributed by atoms with Gasteiger partial charge in [-0.1, -0.05) is 41.6 Å². The standard InChI is InChI=1S/C27H25ClN4S2/c1-16(2)32-26(30-31-27(32)34-15-19-7-9-20(28)10-8-19)22-14-24(25-6-5-11-33-25)29-23-13-18(4)17(3)12-21(22)23/h5-14,16H,15H2,1-4H3. The summed E-state index contributed by atoms with van der Waals surface area (Å²) in [5.74, 6) is 1.68. The summed E-state index contributed by atoms with van der Waals surface area (Å²) in [4.78, 5) is 6.15. The number of hydrogen-bond acceptors (Lipinski definition) is 5. The summed E-state index contributed by atoms with van der Waals surface area (Å²) in [5.41, 5.74) is 6.70. The van der Waals surface area contributed by atoms with E-state index >= 15 is 0 Å². The smallest absolute Gasteiger partial charge is 0.192 e. The van der Waals surface area contributed by atoms with E-state index in [2.05, 4.69) is 85.2 Å². The lowest BCUT2D eigenvalue weighted by atomic mass is 10.0. The van der Waals surface area contributed by atoms with Crippen molar-refractivity contribution in [3.63, 3.8) is 0 Å². The first kappa shape index (κ1) is 23.1. The quantitative estimate of drug-likeness (QED) is 0.218. The molecule has 0 unspecified atom stereocenters. The van der Waals surface area contributed by atoms with Crippen LogP contribution in [0.3, 0.4) is 0 Å². The highest BCUT2D eigenvalue weighted by atomic mass is 35.5. The predicted molar refractivity (Wildman–Crippen MR) is 145 cm³/mol. The highest BCUT2D eigenvalue weighted by molar-refractivity contribution is 7.98. The molecule has 5 rings (SSSR count). The summed E-state index contributed by atoms with van der Waals surface area (Å²) in [6.45, 7) is 8.64. The van der Waals surface area contributed by atoms with Gasteiger partial charge in [0.15, 0.2) is 11.0 Å². The van der Waals surface area contributed by atoms with Crippen LogP contribution in [0.25, 0.3) is 32.9 Å². The molecule has 0 atom stereocenters. The van der Waals surface area contributed by atoms with Gasteiger partial charge in [-0.3, -0.25) is 4.57 Å². The number of thioether (sulfide) groups is 1. The highest BCUT2D eigenvalue weighted by Gasteiger charge is 2.21. The van der Waals surface area contributed by atoms with Crippen molar-refractivity contribution in [3.8, 4) is 22.0 Å². The first-order chi connectivity index (χ1) is 16.4. The normalized spacial score (nSPS) is 11.6. The number of aromatic nitrogens is 4. The van der Waals surface area contributed by atoms with Gasteiger partial charge in [0.25, 0.3) is 0 Å². The topological polar surface area (TPSA) is 43.6 Å². The van der Waals surface area contributed by atoms with Gasteiger partial charge in [0.05, 0.1) is 16.1 Å². The van der Waals surface area contributed by atoms with E-state index in [4.69, 9.17) is 21.7 Å². The Morgan fingerprint density at radius 2 is 1.76 bits per heavy atom. The first-order valence-electron chi connectivity index (χ1n) is 11.2. The van der Waals surface area contributed by atoms with Gasteiger partial charge in [0, 0.05) is 27.8 Å². The van der Waals surface area contributed by atoms with Gasteiger partial charge in [-0.2, -0.15) is 0 Å². The largest absolute Gasteiger partial charge is 0.299 e. The summed E-state index contributed by atoms with van der Waals surface area (Å²) in [5, 5.41) is 14.2. The molecule has 4 nitrogen and oxygen atoms in total. The van der Waals surface area contributed by atoms with E-state index < -0.39 is 0 Å². The zero-order valence-corrected chi connectivity index (χ0v) is 21.9. The molecule has 0 saturated heterocycles. The van der Waals surface area contributed by atoms with Crippen LogP contribution in [0.2, 0.25) is 5.02 Å². The third kappa shape index (κ3) is 4.50. The average Bonchev–Trinajstić information content (AvgIpc) is 3.49. The lowest BCUT2D eigenvalue weighted by Crippen LogP contribution is -2.06. The van der Waals surface area contributed by atoms with Crippen LogP contribution in [-0.2, 0) is 5.75 Å². The summed E-state index contributed by atoms with van der Waals surface area (Å²) in [6, 6.07) is 18.9. The molecule has 2 aromatic carbocycles. The molecule has 3 heterocycles. The Morgan fingerprint density at radius 3 is 2.47 bits per heavy atom. The Balaban J connectivity index is 1.64. The van der Waals surface area contributed by atoms with Crippen LogP contribution in [0.15, 0.2) is 65.1 Å². The summed E-state index contributed by atoms with van der Waals surface area (Å²) >= 11 is 9.44. The van der Waals surface area contributed by atoms with Gasteiger partial charge in [-0.05, 0) is 86.2 Å². The third-order valence-electron chi connectivity index (χ3n) is 5.90. The number of nitrogens with zero attached hydrogens (tertiary/aromatic N) is 4. The SMILES string of the molecule is Cc1cc2nc(-c3cccs3)cc(-c3nnc(SCc4ccc(Cl)cc4)n3C(C)C)c2cc1C. The fourth-order valence-corrected chi connectivity index (χ4v) is 5.81. The third-order valence-corrected chi connectivity index (χ3v) is 8.06. The van der Waals surface area contributed by atoms with E-state index in [-0.39, 0.29) is 6.04 Å². The van der Waals surface area contributed by atoms with Crippen LogP contribution in [0.4, 0.5) is 0 Å². The molecule has 0 saturated carbocycles. The number of thiophene rings is 1. The van der Waals surface area contributed by atoms with Crippen molar-refractivity contribution < 1.29 is 0 Å².